The summed E-state index contributed by atoms with van der Waals surface area (Å²) in [5.41, 5.74) is 5.74. The number of hydrazone groups is 1. The van der Waals surface area contributed by atoms with E-state index in [-0.39, 0.29) is 5.91 Å². The van der Waals surface area contributed by atoms with Gasteiger partial charge < -0.3 is 9.47 Å². The zero-order valence-corrected chi connectivity index (χ0v) is 17.6. The predicted octanol–water partition coefficient (Wildman–Crippen LogP) is 4.50. The zero-order valence-electron chi connectivity index (χ0n) is 16.1. The first-order valence-electron chi connectivity index (χ1n) is 8.87. The highest BCUT2D eigenvalue weighted by atomic mass is 79.9. The number of nitrogens with one attached hydrogen (secondary N) is 1. The minimum Gasteiger partial charge on any atom is -0.493 e. The Morgan fingerprint density at radius 2 is 1.97 bits per heavy atom. The maximum Gasteiger partial charge on any atom is 0.289 e. The van der Waals surface area contributed by atoms with Crippen LogP contribution in [-0.4, -0.2) is 24.2 Å². The van der Waals surface area contributed by atoms with Gasteiger partial charge >= 0.3 is 0 Å². The standard InChI is InChI=1S/C22H20BrN3O3/c1-15-6-8-16(9-7-15)14-29-21-12-18(23)17(11-20(21)28-2)13-25-26-22(27)19-5-3-4-10-24-19/h3-13H,14H2,1-2H3,(H,26,27)/b25-13+. The van der Waals surface area contributed by atoms with Gasteiger partial charge in [0.2, 0.25) is 0 Å². The van der Waals surface area contributed by atoms with Gasteiger partial charge in [-0.2, -0.15) is 5.10 Å². The average Bonchev–Trinajstić information content (AvgIpc) is 2.75. The second-order valence-electron chi connectivity index (χ2n) is 6.21. The summed E-state index contributed by atoms with van der Waals surface area (Å²) in [5, 5.41) is 3.99. The second kappa shape index (κ2) is 9.84. The molecule has 0 spiro atoms. The number of rotatable bonds is 7. The molecule has 0 radical (unpaired) electrons. The van der Waals surface area contributed by atoms with Gasteiger partial charge in [0.05, 0.1) is 13.3 Å². The lowest BCUT2D eigenvalue weighted by molar-refractivity contribution is 0.0950. The zero-order chi connectivity index (χ0) is 20.6. The Hall–Kier alpha value is -3.19. The lowest BCUT2D eigenvalue weighted by Crippen LogP contribution is -2.18. The number of halogens is 1. The molecule has 0 aliphatic heterocycles. The van der Waals surface area contributed by atoms with Crippen molar-refractivity contribution in [3.05, 3.63) is 87.7 Å². The van der Waals surface area contributed by atoms with E-state index < -0.39 is 0 Å². The number of nitrogens with zero attached hydrogens (tertiary/aromatic N) is 2. The fraction of sp³-hybridized carbons (Fsp3) is 0.136. The molecule has 1 aromatic heterocycles. The first-order valence-corrected chi connectivity index (χ1v) is 9.66. The summed E-state index contributed by atoms with van der Waals surface area (Å²) in [6.07, 6.45) is 3.08. The first-order chi connectivity index (χ1) is 14.1. The van der Waals surface area contributed by atoms with Crippen LogP contribution < -0.4 is 14.9 Å². The summed E-state index contributed by atoms with van der Waals surface area (Å²) in [6.45, 7) is 2.47. The Morgan fingerprint density at radius 3 is 2.66 bits per heavy atom. The van der Waals surface area contributed by atoms with E-state index in [2.05, 4.69) is 31.4 Å². The molecule has 3 aromatic rings. The van der Waals surface area contributed by atoms with Gasteiger partial charge in [-0.25, -0.2) is 5.43 Å². The van der Waals surface area contributed by atoms with E-state index in [9.17, 15) is 4.79 Å². The van der Waals surface area contributed by atoms with Crippen molar-refractivity contribution in [2.75, 3.05) is 7.11 Å². The smallest absolute Gasteiger partial charge is 0.289 e. The topological polar surface area (TPSA) is 72.8 Å². The molecule has 1 heterocycles. The van der Waals surface area contributed by atoms with Gasteiger partial charge in [-0.15, -0.1) is 0 Å². The minimum atomic E-state index is -0.386. The molecule has 2 aromatic carbocycles. The predicted molar refractivity (Wildman–Crippen MR) is 116 cm³/mol. The molecule has 0 bridgehead atoms. The number of hydrogen-bond donors (Lipinski definition) is 1. The van der Waals surface area contributed by atoms with E-state index in [1.54, 1.807) is 37.6 Å². The van der Waals surface area contributed by atoms with Gasteiger partial charge in [0.15, 0.2) is 11.5 Å². The molecule has 0 aliphatic carbocycles. The van der Waals surface area contributed by atoms with Crippen molar-refractivity contribution in [1.82, 2.24) is 10.4 Å². The molecular formula is C22H20BrN3O3. The van der Waals surface area contributed by atoms with Crippen LogP contribution in [0.15, 0.2) is 70.4 Å². The van der Waals surface area contributed by atoms with Crippen molar-refractivity contribution >= 4 is 28.1 Å². The lowest BCUT2D eigenvalue weighted by atomic mass is 10.2. The summed E-state index contributed by atoms with van der Waals surface area (Å²) >= 11 is 3.51. The van der Waals surface area contributed by atoms with E-state index in [1.165, 1.54) is 11.8 Å². The van der Waals surface area contributed by atoms with Crippen LogP contribution in [0.25, 0.3) is 0 Å². The number of ether oxygens (including phenoxy) is 2. The van der Waals surface area contributed by atoms with Crippen molar-refractivity contribution in [3.63, 3.8) is 0 Å². The molecule has 1 N–H and O–H groups in total. The van der Waals surface area contributed by atoms with Crippen LogP contribution >= 0.6 is 15.9 Å². The molecule has 3 rings (SSSR count). The minimum absolute atomic E-state index is 0.293. The SMILES string of the molecule is COc1cc(/C=N/NC(=O)c2ccccn2)c(Br)cc1OCc1ccc(C)cc1. The molecule has 148 valence electrons. The number of amides is 1. The maximum absolute atomic E-state index is 12.0. The molecule has 0 fully saturated rings. The van der Waals surface area contributed by atoms with Crippen molar-refractivity contribution in [3.8, 4) is 11.5 Å². The summed E-state index contributed by atoms with van der Waals surface area (Å²) in [6, 6.07) is 16.8. The number of aryl methyl sites for hydroxylation is 1. The Kier molecular flexibility index (Phi) is 6.97. The molecule has 0 saturated heterocycles. The van der Waals surface area contributed by atoms with Gasteiger partial charge in [0, 0.05) is 16.2 Å². The third kappa shape index (κ3) is 5.65. The number of methoxy groups -OCH3 is 1. The van der Waals surface area contributed by atoms with Crippen LogP contribution in [-0.2, 0) is 6.61 Å². The van der Waals surface area contributed by atoms with E-state index in [0.29, 0.717) is 23.8 Å². The molecule has 1 amide bonds. The Morgan fingerprint density at radius 1 is 1.17 bits per heavy atom. The van der Waals surface area contributed by atoms with Gasteiger partial charge in [-0.3, -0.25) is 9.78 Å². The fourth-order valence-electron chi connectivity index (χ4n) is 2.48. The Labute approximate surface area is 177 Å². The summed E-state index contributed by atoms with van der Waals surface area (Å²) < 4.78 is 12.1. The maximum atomic E-state index is 12.0. The van der Waals surface area contributed by atoms with Crippen LogP contribution in [0.2, 0.25) is 0 Å². The van der Waals surface area contributed by atoms with E-state index in [1.807, 2.05) is 37.3 Å². The fourth-order valence-corrected chi connectivity index (χ4v) is 2.91. The van der Waals surface area contributed by atoms with Gasteiger partial charge in [0.25, 0.3) is 5.91 Å². The second-order valence-corrected chi connectivity index (χ2v) is 7.07. The Balaban J connectivity index is 1.68. The summed E-state index contributed by atoms with van der Waals surface area (Å²) in [5.74, 6) is 0.787. The molecule has 7 heteroatoms. The molecule has 0 saturated carbocycles. The first kappa shape index (κ1) is 20.5. The van der Waals surface area contributed by atoms with Crippen LogP contribution in [0.1, 0.15) is 27.2 Å². The van der Waals surface area contributed by atoms with Crippen LogP contribution in [0.5, 0.6) is 11.5 Å². The molecule has 0 unspecified atom stereocenters. The number of carbonyl (C=O) groups is 1. The Bertz CT molecular complexity index is 1010. The highest BCUT2D eigenvalue weighted by molar-refractivity contribution is 9.10. The number of pyridine rings is 1. The van der Waals surface area contributed by atoms with Crippen LogP contribution in [0.3, 0.4) is 0 Å². The molecule has 0 atom stereocenters. The molecule has 29 heavy (non-hydrogen) atoms. The highest BCUT2D eigenvalue weighted by Gasteiger charge is 2.10. The van der Waals surface area contributed by atoms with Crippen LogP contribution in [0.4, 0.5) is 0 Å². The van der Waals surface area contributed by atoms with Crippen molar-refractivity contribution < 1.29 is 14.3 Å². The van der Waals surface area contributed by atoms with Crippen molar-refractivity contribution in [2.24, 2.45) is 5.10 Å². The van der Waals surface area contributed by atoms with E-state index in [4.69, 9.17) is 9.47 Å². The monoisotopic (exact) mass is 453 g/mol. The van der Waals surface area contributed by atoms with E-state index >= 15 is 0 Å². The van der Waals surface area contributed by atoms with Crippen LogP contribution in [0, 0.1) is 6.92 Å². The number of carbonyl (C=O) groups excluding carboxylic acids is 1. The normalized spacial score (nSPS) is 10.7. The quantitative estimate of drug-likeness (QED) is 0.422. The number of hydrogen-bond acceptors (Lipinski definition) is 5. The third-order valence-corrected chi connectivity index (χ3v) is 4.75. The summed E-state index contributed by atoms with van der Waals surface area (Å²) in [4.78, 5) is 16.0. The average molecular weight is 454 g/mol. The van der Waals surface area contributed by atoms with Crippen molar-refractivity contribution in [2.45, 2.75) is 13.5 Å². The number of aromatic nitrogens is 1. The largest absolute Gasteiger partial charge is 0.493 e. The highest BCUT2D eigenvalue weighted by Crippen LogP contribution is 2.33. The van der Waals surface area contributed by atoms with Gasteiger partial charge in [0.1, 0.15) is 12.3 Å². The summed E-state index contributed by atoms with van der Waals surface area (Å²) in [7, 11) is 1.58. The van der Waals surface area contributed by atoms with Gasteiger partial charge in [-0.05, 0) is 52.7 Å². The van der Waals surface area contributed by atoms with Gasteiger partial charge in [-0.1, -0.05) is 35.9 Å². The lowest BCUT2D eigenvalue weighted by Gasteiger charge is -2.13. The molecule has 6 nitrogen and oxygen atoms in total. The van der Waals surface area contributed by atoms with E-state index in [0.717, 1.165) is 15.6 Å². The molecular weight excluding hydrogens is 434 g/mol. The third-order valence-electron chi connectivity index (χ3n) is 4.07. The number of benzene rings is 2. The van der Waals surface area contributed by atoms with Crippen molar-refractivity contribution in [1.29, 1.82) is 0 Å². The molecule has 0 aliphatic rings.